The molecule has 2 heterocycles. The molecule has 2 aliphatic rings. The molecule has 2 amide bonds. The van der Waals surface area contributed by atoms with Crippen molar-refractivity contribution in [2.45, 2.75) is 25.3 Å². The van der Waals surface area contributed by atoms with Crippen molar-refractivity contribution in [3.8, 4) is 17.2 Å². The first-order valence-electron chi connectivity index (χ1n) is 9.19. The van der Waals surface area contributed by atoms with Crippen molar-refractivity contribution in [1.82, 2.24) is 5.32 Å². The number of carbonyl (C=O) groups excluding carboxylic acids is 1. The van der Waals surface area contributed by atoms with Gasteiger partial charge in [-0.3, -0.25) is 0 Å². The molecule has 0 saturated carbocycles. The van der Waals surface area contributed by atoms with Gasteiger partial charge in [0.25, 0.3) is 0 Å². The smallest absolute Gasteiger partial charge is 0.319 e. The monoisotopic (exact) mass is 406 g/mol. The number of ether oxygens (including phenoxy) is 3. The first kappa shape index (κ1) is 18.7. The number of rotatable bonds is 2. The molecule has 0 saturated heterocycles. The fourth-order valence-electron chi connectivity index (χ4n) is 3.29. The van der Waals surface area contributed by atoms with Crippen LogP contribution >= 0.6 is 11.6 Å². The van der Waals surface area contributed by atoms with E-state index in [1.807, 2.05) is 0 Å². The van der Waals surface area contributed by atoms with E-state index in [-0.39, 0.29) is 11.9 Å². The van der Waals surface area contributed by atoms with E-state index < -0.39 is 6.03 Å². The van der Waals surface area contributed by atoms with Gasteiger partial charge in [-0.1, -0.05) is 11.6 Å². The minimum atomic E-state index is -0.446. The molecule has 0 fully saturated rings. The predicted octanol–water partition coefficient (Wildman–Crippen LogP) is 4.68. The van der Waals surface area contributed by atoms with Crippen LogP contribution in [0.4, 0.5) is 14.9 Å². The molecule has 28 heavy (non-hydrogen) atoms. The molecule has 2 aliphatic heterocycles. The topological polar surface area (TPSA) is 68.8 Å². The van der Waals surface area contributed by atoms with Crippen LogP contribution in [0, 0.1) is 5.82 Å². The van der Waals surface area contributed by atoms with Crippen LogP contribution in [0.5, 0.6) is 17.2 Å². The van der Waals surface area contributed by atoms with Gasteiger partial charge in [0.2, 0.25) is 0 Å². The molecule has 1 unspecified atom stereocenters. The van der Waals surface area contributed by atoms with Gasteiger partial charge in [-0.25, -0.2) is 9.18 Å². The van der Waals surface area contributed by atoms with Crippen LogP contribution in [0.2, 0.25) is 5.02 Å². The highest BCUT2D eigenvalue weighted by Crippen LogP contribution is 2.38. The van der Waals surface area contributed by atoms with Crippen LogP contribution in [0.15, 0.2) is 30.3 Å². The van der Waals surface area contributed by atoms with Crippen LogP contribution in [0.3, 0.4) is 0 Å². The number of anilines is 1. The van der Waals surface area contributed by atoms with Gasteiger partial charge in [-0.2, -0.15) is 0 Å². The summed E-state index contributed by atoms with van der Waals surface area (Å²) in [5.41, 5.74) is 1.03. The molecule has 2 aromatic carbocycles. The summed E-state index contributed by atoms with van der Waals surface area (Å²) in [6, 6.07) is 6.79. The Morgan fingerprint density at radius 3 is 2.54 bits per heavy atom. The van der Waals surface area contributed by atoms with Gasteiger partial charge in [0.05, 0.1) is 36.6 Å². The maximum Gasteiger partial charge on any atom is 0.319 e. The lowest BCUT2D eigenvalue weighted by Crippen LogP contribution is -2.32. The first-order chi connectivity index (χ1) is 13.6. The number of amides is 2. The SMILES string of the molecule is O=C(Nc1cc2c(cc1Cl)OCCCO2)NC1CCCOc2ccc(F)cc21. The quantitative estimate of drug-likeness (QED) is 0.760. The van der Waals surface area contributed by atoms with E-state index in [1.54, 1.807) is 18.2 Å². The Morgan fingerprint density at radius 1 is 1.00 bits per heavy atom. The lowest BCUT2D eigenvalue weighted by atomic mass is 10.0. The number of halogens is 2. The molecule has 8 heteroatoms. The number of hydrogen-bond donors (Lipinski definition) is 2. The summed E-state index contributed by atoms with van der Waals surface area (Å²) >= 11 is 6.28. The van der Waals surface area contributed by atoms with Crippen LogP contribution < -0.4 is 24.8 Å². The molecule has 0 aliphatic carbocycles. The Kier molecular flexibility index (Phi) is 5.43. The largest absolute Gasteiger partial charge is 0.493 e. The summed E-state index contributed by atoms with van der Waals surface area (Å²) in [6.45, 7) is 1.60. The van der Waals surface area contributed by atoms with E-state index in [2.05, 4.69) is 10.6 Å². The van der Waals surface area contributed by atoms with Gasteiger partial charge in [-0.05, 0) is 31.0 Å². The van der Waals surface area contributed by atoms with E-state index >= 15 is 0 Å². The van der Waals surface area contributed by atoms with E-state index in [4.69, 9.17) is 25.8 Å². The lowest BCUT2D eigenvalue weighted by Gasteiger charge is -2.19. The van der Waals surface area contributed by atoms with Crippen molar-refractivity contribution < 1.29 is 23.4 Å². The van der Waals surface area contributed by atoms with Gasteiger partial charge in [-0.15, -0.1) is 0 Å². The number of nitrogens with one attached hydrogen (secondary N) is 2. The fourth-order valence-corrected chi connectivity index (χ4v) is 3.50. The summed E-state index contributed by atoms with van der Waals surface area (Å²) in [5.74, 6) is 1.30. The molecular weight excluding hydrogens is 387 g/mol. The molecule has 2 aromatic rings. The van der Waals surface area contributed by atoms with Gasteiger partial charge in [0.15, 0.2) is 11.5 Å². The molecule has 148 valence electrons. The second-order valence-electron chi connectivity index (χ2n) is 6.65. The normalized spacial score (nSPS) is 18.1. The molecule has 0 spiro atoms. The summed E-state index contributed by atoms with van der Waals surface area (Å²) in [7, 11) is 0. The number of benzene rings is 2. The average molecular weight is 407 g/mol. The van der Waals surface area contributed by atoms with Crippen molar-refractivity contribution in [3.05, 3.63) is 46.7 Å². The average Bonchev–Trinajstić information content (AvgIpc) is 3.00. The highest BCUT2D eigenvalue weighted by atomic mass is 35.5. The third-order valence-electron chi connectivity index (χ3n) is 4.63. The van der Waals surface area contributed by atoms with Crippen molar-refractivity contribution >= 4 is 23.3 Å². The molecule has 4 rings (SSSR count). The minimum absolute atomic E-state index is 0.343. The van der Waals surface area contributed by atoms with E-state index in [9.17, 15) is 9.18 Å². The number of urea groups is 1. The fraction of sp³-hybridized carbons (Fsp3) is 0.350. The van der Waals surface area contributed by atoms with Crippen molar-refractivity contribution in [2.24, 2.45) is 0 Å². The lowest BCUT2D eigenvalue weighted by molar-refractivity contribution is 0.247. The third kappa shape index (κ3) is 4.09. The maximum absolute atomic E-state index is 13.7. The van der Waals surface area contributed by atoms with Crippen LogP contribution in [-0.4, -0.2) is 25.9 Å². The van der Waals surface area contributed by atoms with Gasteiger partial charge < -0.3 is 24.8 Å². The zero-order valence-electron chi connectivity index (χ0n) is 15.1. The third-order valence-corrected chi connectivity index (χ3v) is 4.95. The molecule has 0 bridgehead atoms. The van der Waals surface area contributed by atoms with Crippen LogP contribution in [0.25, 0.3) is 0 Å². The summed E-state index contributed by atoms with van der Waals surface area (Å²) in [4.78, 5) is 12.6. The van der Waals surface area contributed by atoms with Gasteiger partial charge >= 0.3 is 6.03 Å². The Hall–Kier alpha value is -2.67. The van der Waals surface area contributed by atoms with Crippen LogP contribution in [0.1, 0.15) is 30.9 Å². The molecule has 1 atom stereocenters. The Bertz CT molecular complexity index is 893. The molecule has 0 aromatic heterocycles. The molecule has 0 radical (unpaired) electrons. The predicted molar refractivity (Wildman–Crippen MR) is 103 cm³/mol. The van der Waals surface area contributed by atoms with Crippen molar-refractivity contribution in [2.75, 3.05) is 25.1 Å². The first-order valence-corrected chi connectivity index (χ1v) is 9.57. The molecular formula is C20H20ClFN2O4. The zero-order chi connectivity index (χ0) is 19.5. The van der Waals surface area contributed by atoms with E-state index in [0.29, 0.717) is 59.8 Å². The van der Waals surface area contributed by atoms with Crippen molar-refractivity contribution in [1.29, 1.82) is 0 Å². The second kappa shape index (κ2) is 8.14. The second-order valence-corrected chi connectivity index (χ2v) is 7.06. The molecule has 6 nitrogen and oxygen atoms in total. The van der Waals surface area contributed by atoms with E-state index in [1.165, 1.54) is 12.1 Å². The number of carbonyl (C=O) groups is 1. The summed E-state index contributed by atoms with van der Waals surface area (Å²) in [5, 5.41) is 5.97. The maximum atomic E-state index is 13.7. The van der Waals surface area contributed by atoms with Gasteiger partial charge in [0.1, 0.15) is 11.6 Å². The highest BCUT2D eigenvalue weighted by Gasteiger charge is 2.23. The van der Waals surface area contributed by atoms with Crippen molar-refractivity contribution in [3.63, 3.8) is 0 Å². The highest BCUT2D eigenvalue weighted by molar-refractivity contribution is 6.34. The summed E-state index contributed by atoms with van der Waals surface area (Å²) < 4.78 is 30.6. The zero-order valence-corrected chi connectivity index (χ0v) is 15.9. The number of hydrogen-bond acceptors (Lipinski definition) is 4. The standard InChI is InChI=1S/C20H20ClFN2O4/c21-14-10-18-19(28-8-2-7-27-18)11-16(14)24-20(25)23-15-3-1-6-26-17-5-4-12(22)9-13(15)17/h4-5,9-11,15H,1-3,6-8H2,(H2,23,24,25). The van der Waals surface area contributed by atoms with Crippen LogP contribution in [-0.2, 0) is 0 Å². The summed E-state index contributed by atoms with van der Waals surface area (Å²) in [6.07, 6.45) is 2.15. The van der Waals surface area contributed by atoms with Gasteiger partial charge in [0, 0.05) is 24.1 Å². The van der Waals surface area contributed by atoms with E-state index in [0.717, 1.165) is 12.8 Å². The Morgan fingerprint density at radius 2 is 1.71 bits per heavy atom. The Labute approximate surface area is 166 Å². The molecule has 2 N–H and O–H groups in total. The minimum Gasteiger partial charge on any atom is -0.493 e. The number of fused-ring (bicyclic) bond motifs is 2. The Balaban J connectivity index is 1.51.